The van der Waals surface area contributed by atoms with E-state index in [-0.39, 0.29) is 18.4 Å². The molecule has 5 nitrogen and oxygen atoms in total. The maximum absolute atomic E-state index is 12.3. The van der Waals surface area contributed by atoms with Crippen LogP contribution in [0, 0.1) is 11.8 Å². The van der Waals surface area contributed by atoms with Crippen molar-refractivity contribution >= 4 is 17.5 Å². The fraction of sp³-hybridized carbons (Fsp3) is 0.556. The quantitative estimate of drug-likeness (QED) is 0.845. The SMILES string of the molecule is CC(CC(=O)N(C)CC(=O)Nc1ccccc1)C1CCNCC1. The first-order valence-corrected chi connectivity index (χ1v) is 8.36. The lowest BCUT2D eigenvalue weighted by Crippen LogP contribution is -2.37. The number of carbonyl (C=O) groups excluding carboxylic acids is 2. The first-order valence-electron chi connectivity index (χ1n) is 8.36. The summed E-state index contributed by atoms with van der Waals surface area (Å²) < 4.78 is 0. The van der Waals surface area contributed by atoms with E-state index in [9.17, 15) is 9.59 Å². The number of hydrogen-bond acceptors (Lipinski definition) is 3. The van der Waals surface area contributed by atoms with Gasteiger partial charge in [0.2, 0.25) is 11.8 Å². The Labute approximate surface area is 138 Å². The highest BCUT2D eigenvalue weighted by atomic mass is 16.2. The van der Waals surface area contributed by atoms with Gasteiger partial charge in [-0.3, -0.25) is 9.59 Å². The van der Waals surface area contributed by atoms with Gasteiger partial charge >= 0.3 is 0 Å². The minimum atomic E-state index is -0.165. The van der Waals surface area contributed by atoms with E-state index in [1.807, 2.05) is 30.3 Å². The average Bonchev–Trinajstić information content (AvgIpc) is 2.56. The van der Waals surface area contributed by atoms with Crippen LogP contribution in [0.4, 0.5) is 5.69 Å². The van der Waals surface area contributed by atoms with Gasteiger partial charge in [-0.2, -0.15) is 0 Å². The molecule has 5 heteroatoms. The summed E-state index contributed by atoms with van der Waals surface area (Å²) in [6.45, 7) is 4.31. The standard InChI is InChI=1S/C18H27N3O2/c1-14(15-8-10-19-11-9-15)12-18(23)21(2)13-17(22)20-16-6-4-3-5-7-16/h3-7,14-15,19H,8-13H2,1-2H3,(H,20,22). The summed E-state index contributed by atoms with van der Waals surface area (Å²) in [6.07, 6.45) is 2.78. The molecule has 126 valence electrons. The topological polar surface area (TPSA) is 61.4 Å². The summed E-state index contributed by atoms with van der Waals surface area (Å²) in [7, 11) is 1.70. The Hall–Kier alpha value is -1.88. The zero-order chi connectivity index (χ0) is 16.7. The van der Waals surface area contributed by atoms with E-state index in [4.69, 9.17) is 0 Å². The maximum atomic E-state index is 12.3. The number of likely N-dealkylation sites (N-methyl/N-ethyl adjacent to an activating group) is 1. The summed E-state index contributed by atoms with van der Waals surface area (Å²) in [6, 6.07) is 9.29. The molecule has 0 radical (unpaired) electrons. The Balaban J connectivity index is 1.76. The zero-order valence-electron chi connectivity index (χ0n) is 14.0. The van der Waals surface area contributed by atoms with Crippen molar-refractivity contribution < 1.29 is 9.59 Å². The van der Waals surface area contributed by atoms with Crippen molar-refractivity contribution in [3.63, 3.8) is 0 Å². The number of piperidine rings is 1. The molecule has 0 spiro atoms. The Morgan fingerprint density at radius 3 is 2.57 bits per heavy atom. The Bertz CT molecular complexity index is 512. The van der Waals surface area contributed by atoms with Gasteiger partial charge in [0, 0.05) is 19.2 Å². The molecule has 0 aliphatic carbocycles. The molecule has 1 aromatic rings. The molecule has 1 atom stereocenters. The lowest BCUT2D eigenvalue weighted by atomic mass is 9.84. The van der Waals surface area contributed by atoms with Crippen LogP contribution in [0.25, 0.3) is 0 Å². The van der Waals surface area contributed by atoms with E-state index in [1.165, 1.54) is 4.90 Å². The molecule has 1 aliphatic rings. The van der Waals surface area contributed by atoms with E-state index in [0.29, 0.717) is 18.3 Å². The first kappa shape index (κ1) is 17.5. The monoisotopic (exact) mass is 317 g/mol. The lowest BCUT2D eigenvalue weighted by molar-refractivity contribution is -0.134. The van der Waals surface area contributed by atoms with Crippen LogP contribution in [0.15, 0.2) is 30.3 Å². The summed E-state index contributed by atoms with van der Waals surface area (Å²) in [4.78, 5) is 25.8. The average molecular weight is 317 g/mol. The van der Waals surface area contributed by atoms with Crippen LogP contribution in [-0.2, 0) is 9.59 Å². The van der Waals surface area contributed by atoms with Gasteiger partial charge in [0.15, 0.2) is 0 Å². The van der Waals surface area contributed by atoms with Gasteiger partial charge in [-0.15, -0.1) is 0 Å². The number of benzene rings is 1. The van der Waals surface area contributed by atoms with Crippen molar-refractivity contribution in [2.75, 3.05) is 32.0 Å². The van der Waals surface area contributed by atoms with E-state index >= 15 is 0 Å². The highest BCUT2D eigenvalue weighted by Gasteiger charge is 2.23. The molecule has 1 aliphatic heterocycles. The number of nitrogens with one attached hydrogen (secondary N) is 2. The normalized spacial score (nSPS) is 16.6. The molecule has 0 saturated carbocycles. The molecule has 23 heavy (non-hydrogen) atoms. The van der Waals surface area contributed by atoms with Crippen molar-refractivity contribution in [1.82, 2.24) is 10.2 Å². The van der Waals surface area contributed by atoms with Crippen LogP contribution in [0.5, 0.6) is 0 Å². The third kappa shape index (κ3) is 5.67. The van der Waals surface area contributed by atoms with Crippen LogP contribution in [0.2, 0.25) is 0 Å². The molecular formula is C18H27N3O2. The molecule has 2 rings (SSSR count). The molecule has 1 fully saturated rings. The third-order valence-electron chi connectivity index (χ3n) is 4.55. The van der Waals surface area contributed by atoms with E-state index in [1.54, 1.807) is 7.05 Å². The Kier molecular flexibility index (Phi) is 6.59. The second kappa shape index (κ2) is 8.67. The van der Waals surface area contributed by atoms with Gasteiger partial charge in [-0.1, -0.05) is 25.1 Å². The van der Waals surface area contributed by atoms with Crippen molar-refractivity contribution in [3.05, 3.63) is 30.3 Å². The van der Waals surface area contributed by atoms with Gasteiger partial charge in [-0.05, 0) is 49.9 Å². The zero-order valence-corrected chi connectivity index (χ0v) is 14.0. The second-order valence-corrected chi connectivity index (χ2v) is 6.43. The van der Waals surface area contributed by atoms with Gasteiger partial charge < -0.3 is 15.5 Å². The minimum absolute atomic E-state index is 0.0410. The smallest absolute Gasteiger partial charge is 0.243 e. The largest absolute Gasteiger partial charge is 0.336 e. The van der Waals surface area contributed by atoms with Crippen LogP contribution < -0.4 is 10.6 Å². The Morgan fingerprint density at radius 1 is 1.26 bits per heavy atom. The van der Waals surface area contributed by atoms with E-state index in [2.05, 4.69) is 17.6 Å². The summed E-state index contributed by atoms with van der Waals surface area (Å²) in [5.41, 5.74) is 0.751. The van der Waals surface area contributed by atoms with Crippen molar-refractivity contribution in [1.29, 1.82) is 0 Å². The molecule has 1 heterocycles. The van der Waals surface area contributed by atoms with Crippen molar-refractivity contribution in [2.24, 2.45) is 11.8 Å². The number of anilines is 1. The minimum Gasteiger partial charge on any atom is -0.336 e. The molecule has 1 aromatic carbocycles. The molecular weight excluding hydrogens is 290 g/mol. The van der Waals surface area contributed by atoms with Gasteiger partial charge in [0.25, 0.3) is 0 Å². The fourth-order valence-electron chi connectivity index (χ4n) is 3.04. The second-order valence-electron chi connectivity index (χ2n) is 6.43. The first-order chi connectivity index (χ1) is 11.1. The van der Waals surface area contributed by atoms with Gasteiger partial charge in [0.1, 0.15) is 0 Å². The number of rotatable bonds is 6. The summed E-state index contributed by atoms with van der Waals surface area (Å²) >= 11 is 0. The van der Waals surface area contributed by atoms with Gasteiger partial charge in [-0.25, -0.2) is 0 Å². The van der Waals surface area contributed by atoms with Crippen LogP contribution in [-0.4, -0.2) is 43.4 Å². The molecule has 0 aromatic heterocycles. The van der Waals surface area contributed by atoms with Crippen LogP contribution in [0.3, 0.4) is 0 Å². The van der Waals surface area contributed by atoms with E-state index in [0.717, 1.165) is 31.6 Å². The predicted octanol–water partition coefficient (Wildman–Crippen LogP) is 2.11. The number of para-hydroxylation sites is 1. The van der Waals surface area contributed by atoms with Gasteiger partial charge in [0.05, 0.1) is 6.54 Å². The fourth-order valence-corrected chi connectivity index (χ4v) is 3.04. The highest BCUT2D eigenvalue weighted by molar-refractivity contribution is 5.94. The molecule has 2 N–H and O–H groups in total. The number of nitrogens with zero attached hydrogens (tertiary/aromatic N) is 1. The Morgan fingerprint density at radius 2 is 1.91 bits per heavy atom. The lowest BCUT2D eigenvalue weighted by Gasteiger charge is -2.29. The summed E-state index contributed by atoms with van der Waals surface area (Å²) in [5.74, 6) is 0.844. The molecule has 1 unspecified atom stereocenters. The van der Waals surface area contributed by atoms with Crippen LogP contribution in [0.1, 0.15) is 26.2 Å². The van der Waals surface area contributed by atoms with Crippen molar-refractivity contribution in [3.8, 4) is 0 Å². The number of carbonyl (C=O) groups is 2. The predicted molar refractivity (Wildman–Crippen MR) is 92.1 cm³/mol. The highest BCUT2D eigenvalue weighted by Crippen LogP contribution is 2.24. The molecule has 0 bridgehead atoms. The number of hydrogen-bond donors (Lipinski definition) is 2. The third-order valence-corrected chi connectivity index (χ3v) is 4.55. The maximum Gasteiger partial charge on any atom is 0.243 e. The van der Waals surface area contributed by atoms with Crippen LogP contribution >= 0.6 is 0 Å². The number of amides is 2. The molecule has 1 saturated heterocycles. The van der Waals surface area contributed by atoms with E-state index < -0.39 is 0 Å². The molecule has 2 amide bonds. The summed E-state index contributed by atoms with van der Waals surface area (Å²) in [5, 5.41) is 6.15. The van der Waals surface area contributed by atoms with Crippen molar-refractivity contribution in [2.45, 2.75) is 26.2 Å².